The van der Waals surface area contributed by atoms with Gasteiger partial charge >= 0.3 is 0 Å². The third-order valence-corrected chi connectivity index (χ3v) is 2.84. The fourth-order valence-electron chi connectivity index (χ4n) is 1.82. The summed E-state index contributed by atoms with van der Waals surface area (Å²) in [5, 5.41) is 19.6. The number of carbonyl (C=O) groups excluding carboxylic acids is 2. The average molecular weight is 303 g/mol. The third kappa shape index (κ3) is 3.08. The maximum absolute atomic E-state index is 12.2. The van der Waals surface area contributed by atoms with Crippen molar-refractivity contribution in [3.8, 4) is 0 Å². The normalized spacial score (nSPS) is 10.1. The van der Waals surface area contributed by atoms with Crippen LogP contribution in [0, 0.1) is 10.1 Å². The molecule has 0 aliphatic heterocycles. The monoisotopic (exact) mass is 303 g/mol. The molecular weight excluding hydrogens is 290 g/mol. The summed E-state index contributed by atoms with van der Waals surface area (Å²) in [7, 11) is 3.05. The van der Waals surface area contributed by atoms with Gasteiger partial charge in [0.2, 0.25) is 0 Å². The Morgan fingerprint density at radius 1 is 1.32 bits per heavy atom. The van der Waals surface area contributed by atoms with Gasteiger partial charge in [-0.25, -0.2) is 0 Å². The molecule has 1 heterocycles. The number of benzene rings is 1. The zero-order chi connectivity index (χ0) is 16.3. The van der Waals surface area contributed by atoms with Crippen molar-refractivity contribution in [3.63, 3.8) is 0 Å². The molecule has 0 saturated heterocycles. The van der Waals surface area contributed by atoms with Crippen molar-refractivity contribution in [3.05, 3.63) is 51.8 Å². The minimum Gasteiger partial charge on any atom is -0.354 e. The maximum Gasteiger partial charge on any atom is 0.273 e. The summed E-state index contributed by atoms with van der Waals surface area (Å²) in [5.74, 6) is -1.02. The Kier molecular flexibility index (Phi) is 4.16. The lowest BCUT2D eigenvalue weighted by Crippen LogP contribution is -2.21. The molecular formula is C13H13N5O4. The van der Waals surface area contributed by atoms with Gasteiger partial charge in [0, 0.05) is 38.0 Å². The smallest absolute Gasteiger partial charge is 0.273 e. The fourth-order valence-corrected chi connectivity index (χ4v) is 1.82. The van der Waals surface area contributed by atoms with Gasteiger partial charge in [0.05, 0.1) is 10.6 Å². The number of rotatable bonds is 4. The predicted molar refractivity (Wildman–Crippen MR) is 77.6 cm³/mol. The van der Waals surface area contributed by atoms with Crippen LogP contribution in [0.25, 0.3) is 0 Å². The van der Waals surface area contributed by atoms with Crippen LogP contribution in [0.2, 0.25) is 0 Å². The van der Waals surface area contributed by atoms with Crippen LogP contribution in [0.1, 0.15) is 20.8 Å². The Hall–Kier alpha value is -3.23. The second-order valence-corrected chi connectivity index (χ2v) is 4.41. The molecule has 0 radical (unpaired) electrons. The number of non-ortho nitro benzene ring substituents is 1. The van der Waals surface area contributed by atoms with Crippen LogP contribution in [0.4, 0.5) is 11.4 Å². The first-order chi connectivity index (χ1) is 10.4. The molecule has 0 saturated carbocycles. The summed E-state index contributed by atoms with van der Waals surface area (Å²) in [5.41, 5.74) is 0.202. The molecule has 0 spiro atoms. The minimum absolute atomic E-state index is 0.0591. The van der Waals surface area contributed by atoms with E-state index in [-0.39, 0.29) is 22.6 Å². The molecule has 2 rings (SSSR count). The number of anilines is 1. The van der Waals surface area contributed by atoms with Crippen LogP contribution in [0.3, 0.4) is 0 Å². The summed E-state index contributed by atoms with van der Waals surface area (Å²) in [4.78, 5) is 34.0. The first-order valence-electron chi connectivity index (χ1n) is 6.24. The molecule has 0 atom stereocenters. The summed E-state index contributed by atoms with van der Waals surface area (Å²) in [6, 6.07) is 5.30. The highest BCUT2D eigenvalue weighted by Gasteiger charge is 2.18. The standard InChI is InChI=1S/C13H13N5O4/c1-14-13(20)11-10(7-17(2)16-11)15-12(19)8-4-3-5-9(6-8)18(21)22/h3-7H,1-2H3,(H,14,20)(H,15,19). The molecule has 0 aliphatic rings. The highest BCUT2D eigenvalue weighted by molar-refractivity contribution is 6.08. The number of nitro benzene ring substituents is 1. The molecule has 22 heavy (non-hydrogen) atoms. The van der Waals surface area contributed by atoms with Crippen molar-refractivity contribution in [1.82, 2.24) is 15.1 Å². The van der Waals surface area contributed by atoms with E-state index in [0.717, 1.165) is 6.07 Å². The van der Waals surface area contributed by atoms with Crippen molar-refractivity contribution in [2.75, 3.05) is 12.4 Å². The fraction of sp³-hybridized carbons (Fsp3) is 0.154. The van der Waals surface area contributed by atoms with Gasteiger partial charge in [-0.05, 0) is 6.07 Å². The number of aromatic nitrogens is 2. The molecule has 9 heteroatoms. The van der Waals surface area contributed by atoms with Gasteiger partial charge in [0.1, 0.15) is 0 Å². The van der Waals surface area contributed by atoms with Crippen LogP contribution in [-0.2, 0) is 7.05 Å². The largest absolute Gasteiger partial charge is 0.354 e. The van der Waals surface area contributed by atoms with Crippen molar-refractivity contribution in [2.24, 2.45) is 7.05 Å². The summed E-state index contributed by atoms with van der Waals surface area (Å²) >= 11 is 0. The Balaban J connectivity index is 2.28. The van der Waals surface area contributed by atoms with Gasteiger partial charge < -0.3 is 10.6 Å². The van der Waals surface area contributed by atoms with E-state index in [9.17, 15) is 19.7 Å². The van der Waals surface area contributed by atoms with Crippen molar-refractivity contribution in [1.29, 1.82) is 0 Å². The van der Waals surface area contributed by atoms with E-state index in [4.69, 9.17) is 0 Å². The molecule has 0 fully saturated rings. The molecule has 9 nitrogen and oxygen atoms in total. The Morgan fingerprint density at radius 3 is 2.68 bits per heavy atom. The highest BCUT2D eigenvalue weighted by atomic mass is 16.6. The van der Waals surface area contributed by atoms with E-state index in [1.54, 1.807) is 7.05 Å². The lowest BCUT2D eigenvalue weighted by atomic mass is 10.2. The van der Waals surface area contributed by atoms with Crippen LogP contribution in [-0.4, -0.2) is 33.6 Å². The number of amides is 2. The lowest BCUT2D eigenvalue weighted by molar-refractivity contribution is -0.384. The SMILES string of the molecule is CNC(=O)c1nn(C)cc1NC(=O)c1cccc([N+](=O)[O-])c1. The Bertz CT molecular complexity index is 753. The lowest BCUT2D eigenvalue weighted by Gasteiger charge is -2.04. The molecule has 1 aromatic heterocycles. The van der Waals surface area contributed by atoms with Crippen LogP contribution in [0.5, 0.6) is 0 Å². The Morgan fingerprint density at radius 2 is 2.05 bits per heavy atom. The number of nitro groups is 1. The number of aryl methyl sites for hydroxylation is 1. The highest BCUT2D eigenvalue weighted by Crippen LogP contribution is 2.17. The Labute approximate surface area is 125 Å². The van der Waals surface area contributed by atoms with Gasteiger partial charge in [-0.2, -0.15) is 5.10 Å². The quantitative estimate of drug-likeness (QED) is 0.643. The van der Waals surface area contributed by atoms with E-state index in [1.807, 2.05) is 0 Å². The molecule has 2 aromatic rings. The van der Waals surface area contributed by atoms with Gasteiger partial charge in [0.25, 0.3) is 17.5 Å². The van der Waals surface area contributed by atoms with E-state index >= 15 is 0 Å². The van der Waals surface area contributed by atoms with Crippen LogP contribution in [0.15, 0.2) is 30.5 Å². The third-order valence-electron chi connectivity index (χ3n) is 2.84. The van der Waals surface area contributed by atoms with Gasteiger partial charge in [-0.1, -0.05) is 6.07 Å². The average Bonchev–Trinajstić information content (AvgIpc) is 2.87. The van der Waals surface area contributed by atoms with E-state index in [2.05, 4.69) is 15.7 Å². The zero-order valence-corrected chi connectivity index (χ0v) is 11.9. The van der Waals surface area contributed by atoms with E-state index < -0.39 is 16.7 Å². The molecule has 2 N–H and O–H groups in total. The molecule has 0 unspecified atom stereocenters. The topological polar surface area (TPSA) is 119 Å². The van der Waals surface area contributed by atoms with E-state index in [1.165, 1.54) is 36.1 Å². The van der Waals surface area contributed by atoms with Crippen molar-refractivity contribution in [2.45, 2.75) is 0 Å². The maximum atomic E-state index is 12.2. The molecule has 0 bridgehead atoms. The number of hydrogen-bond acceptors (Lipinski definition) is 5. The number of hydrogen-bond donors (Lipinski definition) is 2. The van der Waals surface area contributed by atoms with E-state index in [0.29, 0.717) is 0 Å². The molecule has 114 valence electrons. The van der Waals surface area contributed by atoms with Crippen LogP contribution < -0.4 is 10.6 Å². The summed E-state index contributed by atoms with van der Waals surface area (Å²) in [6.07, 6.45) is 1.47. The number of carbonyl (C=O) groups is 2. The van der Waals surface area contributed by atoms with Crippen LogP contribution >= 0.6 is 0 Å². The minimum atomic E-state index is -0.586. The molecule has 2 amide bonds. The molecule has 0 aliphatic carbocycles. The zero-order valence-electron chi connectivity index (χ0n) is 11.9. The van der Waals surface area contributed by atoms with Gasteiger partial charge in [-0.3, -0.25) is 24.4 Å². The summed E-state index contributed by atoms with van der Waals surface area (Å²) in [6.45, 7) is 0. The second kappa shape index (κ2) is 6.04. The van der Waals surface area contributed by atoms with Crippen molar-refractivity contribution < 1.29 is 14.5 Å². The van der Waals surface area contributed by atoms with Gasteiger partial charge in [-0.15, -0.1) is 0 Å². The second-order valence-electron chi connectivity index (χ2n) is 4.41. The molecule has 1 aromatic carbocycles. The summed E-state index contributed by atoms with van der Waals surface area (Å²) < 4.78 is 1.38. The first-order valence-corrected chi connectivity index (χ1v) is 6.24. The van der Waals surface area contributed by atoms with Gasteiger partial charge in [0.15, 0.2) is 5.69 Å². The van der Waals surface area contributed by atoms with Crippen molar-refractivity contribution >= 4 is 23.2 Å². The number of nitrogens with zero attached hydrogens (tertiary/aromatic N) is 3. The number of nitrogens with one attached hydrogen (secondary N) is 2. The first kappa shape index (κ1) is 15.2. The predicted octanol–water partition coefficient (Wildman–Crippen LogP) is 0.940.